The van der Waals surface area contributed by atoms with Crippen LogP contribution in [0.25, 0.3) is 0 Å². The third-order valence-electron chi connectivity index (χ3n) is 5.31. The maximum Gasteiger partial charge on any atom is 0.244 e. The molecule has 2 aliphatic rings. The summed E-state index contributed by atoms with van der Waals surface area (Å²) in [6.07, 6.45) is 3.18. The number of aliphatic hydroxyl groups is 1. The summed E-state index contributed by atoms with van der Waals surface area (Å²) in [6, 6.07) is 10.0. The van der Waals surface area contributed by atoms with E-state index in [0.29, 0.717) is 6.54 Å². The van der Waals surface area contributed by atoms with E-state index in [1.165, 1.54) is 6.42 Å². The molecule has 2 heterocycles. The molecular formula is C20H31N3O2. The van der Waals surface area contributed by atoms with Crippen LogP contribution in [0.15, 0.2) is 30.3 Å². The highest BCUT2D eigenvalue weighted by atomic mass is 16.3. The van der Waals surface area contributed by atoms with Gasteiger partial charge >= 0.3 is 0 Å². The minimum atomic E-state index is -0.300. The van der Waals surface area contributed by atoms with Gasteiger partial charge in [0.05, 0.1) is 6.10 Å². The van der Waals surface area contributed by atoms with Gasteiger partial charge in [-0.3, -0.25) is 14.6 Å². The molecule has 5 nitrogen and oxygen atoms in total. The number of benzene rings is 1. The first-order valence-corrected chi connectivity index (χ1v) is 9.63. The molecule has 25 heavy (non-hydrogen) atoms. The fraction of sp³-hybridized carbons (Fsp3) is 0.650. The molecule has 0 aromatic heterocycles. The second kappa shape index (κ2) is 8.79. The van der Waals surface area contributed by atoms with Crippen LogP contribution >= 0.6 is 0 Å². The maximum atomic E-state index is 13.3. The Kier molecular flexibility index (Phi) is 6.45. The molecule has 2 saturated heterocycles. The predicted molar refractivity (Wildman–Crippen MR) is 99.3 cm³/mol. The Labute approximate surface area is 151 Å². The second-order valence-corrected chi connectivity index (χ2v) is 7.38. The molecule has 2 atom stereocenters. The van der Waals surface area contributed by atoms with Gasteiger partial charge in [0.25, 0.3) is 0 Å². The predicted octanol–water partition coefficient (Wildman–Crippen LogP) is 1.74. The topological polar surface area (TPSA) is 47.0 Å². The van der Waals surface area contributed by atoms with E-state index in [2.05, 4.69) is 26.8 Å². The van der Waals surface area contributed by atoms with Crippen LogP contribution in [-0.4, -0.2) is 77.6 Å². The minimum Gasteiger partial charge on any atom is -0.392 e. The van der Waals surface area contributed by atoms with E-state index in [1.54, 1.807) is 0 Å². The summed E-state index contributed by atoms with van der Waals surface area (Å²) in [4.78, 5) is 20.0. The average Bonchev–Trinajstić information content (AvgIpc) is 2.64. The van der Waals surface area contributed by atoms with Crippen molar-refractivity contribution in [3.05, 3.63) is 35.9 Å². The monoisotopic (exact) mass is 345 g/mol. The molecule has 3 rings (SSSR count). The minimum absolute atomic E-state index is 0.173. The van der Waals surface area contributed by atoms with Crippen molar-refractivity contribution < 1.29 is 9.90 Å². The highest BCUT2D eigenvalue weighted by Crippen LogP contribution is 2.26. The maximum absolute atomic E-state index is 13.3. The summed E-state index contributed by atoms with van der Waals surface area (Å²) >= 11 is 0. The lowest BCUT2D eigenvalue weighted by Gasteiger charge is -2.41. The molecular weight excluding hydrogens is 314 g/mol. The Hall–Kier alpha value is -1.43. The molecule has 138 valence electrons. The molecule has 0 bridgehead atoms. The molecule has 1 aromatic carbocycles. The summed E-state index contributed by atoms with van der Waals surface area (Å²) in [5.41, 5.74) is 1.10. The number of hydrogen-bond acceptors (Lipinski definition) is 4. The van der Waals surface area contributed by atoms with E-state index < -0.39 is 0 Å². The molecule has 2 aliphatic heterocycles. The van der Waals surface area contributed by atoms with Crippen molar-refractivity contribution in [2.75, 3.05) is 45.8 Å². The van der Waals surface area contributed by atoms with Gasteiger partial charge in [0, 0.05) is 45.8 Å². The van der Waals surface area contributed by atoms with Crippen molar-refractivity contribution in [1.82, 2.24) is 14.7 Å². The van der Waals surface area contributed by atoms with E-state index in [-0.39, 0.29) is 18.1 Å². The van der Waals surface area contributed by atoms with Crippen molar-refractivity contribution in [2.45, 2.75) is 38.3 Å². The lowest BCUT2D eigenvalue weighted by atomic mass is 10.0. The highest BCUT2D eigenvalue weighted by Gasteiger charge is 2.33. The van der Waals surface area contributed by atoms with Gasteiger partial charge in [0.2, 0.25) is 5.91 Å². The Morgan fingerprint density at radius 2 is 1.64 bits per heavy atom. The van der Waals surface area contributed by atoms with Crippen LogP contribution < -0.4 is 0 Å². The molecule has 1 N–H and O–H groups in total. The first-order valence-electron chi connectivity index (χ1n) is 9.63. The molecule has 0 saturated carbocycles. The van der Waals surface area contributed by atoms with Gasteiger partial charge in [-0.05, 0) is 31.7 Å². The lowest BCUT2D eigenvalue weighted by molar-refractivity contribution is -0.139. The number of piperidine rings is 1. The average molecular weight is 345 g/mol. The van der Waals surface area contributed by atoms with Gasteiger partial charge in [-0.15, -0.1) is 0 Å². The Balaban J connectivity index is 1.72. The fourth-order valence-electron chi connectivity index (χ4n) is 4.01. The summed E-state index contributed by atoms with van der Waals surface area (Å²) in [5, 5.41) is 9.60. The molecule has 1 aromatic rings. The first-order chi connectivity index (χ1) is 12.1. The Bertz CT molecular complexity index is 535. The van der Waals surface area contributed by atoms with Gasteiger partial charge in [-0.2, -0.15) is 0 Å². The van der Waals surface area contributed by atoms with Crippen LogP contribution in [0.3, 0.4) is 0 Å². The van der Waals surface area contributed by atoms with Crippen LogP contribution in [0.4, 0.5) is 0 Å². The van der Waals surface area contributed by atoms with Gasteiger partial charge in [0.1, 0.15) is 6.04 Å². The highest BCUT2D eigenvalue weighted by molar-refractivity contribution is 5.83. The zero-order valence-electron chi connectivity index (χ0n) is 15.3. The molecule has 0 radical (unpaired) electrons. The SMILES string of the molecule is C[C@@H](O)CN1CCN([C@H](C(=O)N2CCCCC2)c2ccccc2)CC1. The van der Waals surface area contributed by atoms with Gasteiger partial charge < -0.3 is 10.0 Å². The number of β-amino-alcohol motifs (C(OH)–C–C–N with tert-alkyl or cyclic N) is 1. The van der Waals surface area contributed by atoms with E-state index >= 15 is 0 Å². The number of aliphatic hydroxyl groups excluding tert-OH is 1. The normalized spacial score (nSPS) is 22.6. The molecule has 2 fully saturated rings. The van der Waals surface area contributed by atoms with Crippen molar-refractivity contribution >= 4 is 5.91 Å². The Morgan fingerprint density at radius 1 is 1.00 bits per heavy atom. The van der Waals surface area contributed by atoms with E-state index in [1.807, 2.05) is 25.1 Å². The van der Waals surface area contributed by atoms with Gasteiger partial charge in [0.15, 0.2) is 0 Å². The zero-order chi connectivity index (χ0) is 17.6. The third kappa shape index (κ3) is 4.81. The summed E-state index contributed by atoms with van der Waals surface area (Å²) in [7, 11) is 0. The molecule has 5 heteroatoms. The van der Waals surface area contributed by atoms with Crippen LogP contribution in [-0.2, 0) is 4.79 Å². The Morgan fingerprint density at radius 3 is 2.24 bits per heavy atom. The van der Waals surface area contributed by atoms with Crippen molar-refractivity contribution in [3.8, 4) is 0 Å². The number of amides is 1. The number of piperazine rings is 1. The van der Waals surface area contributed by atoms with Crippen molar-refractivity contribution in [1.29, 1.82) is 0 Å². The smallest absolute Gasteiger partial charge is 0.244 e. The van der Waals surface area contributed by atoms with Crippen molar-refractivity contribution in [3.63, 3.8) is 0 Å². The zero-order valence-corrected chi connectivity index (χ0v) is 15.3. The standard InChI is InChI=1S/C20H31N3O2/c1-17(24)16-21-12-14-22(15-13-21)19(18-8-4-2-5-9-18)20(25)23-10-6-3-7-11-23/h2,4-5,8-9,17,19,24H,3,6-7,10-16H2,1H3/t17-,19+/m1/s1. The van der Waals surface area contributed by atoms with E-state index in [4.69, 9.17) is 0 Å². The molecule has 0 spiro atoms. The largest absolute Gasteiger partial charge is 0.392 e. The molecule has 1 amide bonds. The van der Waals surface area contributed by atoms with E-state index in [0.717, 1.165) is 57.7 Å². The third-order valence-corrected chi connectivity index (χ3v) is 5.31. The van der Waals surface area contributed by atoms with Crippen LogP contribution in [0.1, 0.15) is 37.8 Å². The molecule has 0 aliphatic carbocycles. The number of hydrogen-bond donors (Lipinski definition) is 1. The van der Waals surface area contributed by atoms with E-state index in [9.17, 15) is 9.90 Å². The number of nitrogens with zero attached hydrogens (tertiary/aromatic N) is 3. The summed E-state index contributed by atoms with van der Waals surface area (Å²) in [5.74, 6) is 0.259. The molecule has 0 unspecified atom stereocenters. The van der Waals surface area contributed by atoms with Crippen LogP contribution in [0.2, 0.25) is 0 Å². The summed E-state index contributed by atoms with van der Waals surface area (Å²) < 4.78 is 0. The first kappa shape index (κ1) is 18.4. The summed E-state index contributed by atoms with van der Waals surface area (Å²) in [6.45, 7) is 7.87. The second-order valence-electron chi connectivity index (χ2n) is 7.38. The fourth-order valence-corrected chi connectivity index (χ4v) is 4.01. The van der Waals surface area contributed by atoms with Crippen molar-refractivity contribution in [2.24, 2.45) is 0 Å². The number of carbonyl (C=O) groups is 1. The number of likely N-dealkylation sites (tertiary alicyclic amines) is 1. The van der Waals surface area contributed by atoms with Gasteiger partial charge in [-0.1, -0.05) is 30.3 Å². The van der Waals surface area contributed by atoms with Crippen LogP contribution in [0.5, 0.6) is 0 Å². The van der Waals surface area contributed by atoms with Gasteiger partial charge in [-0.25, -0.2) is 0 Å². The van der Waals surface area contributed by atoms with Crippen LogP contribution in [0, 0.1) is 0 Å². The number of carbonyl (C=O) groups excluding carboxylic acids is 1. The number of rotatable bonds is 5. The quantitative estimate of drug-likeness (QED) is 0.883. The lowest BCUT2D eigenvalue weighted by Crippen LogP contribution is -2.53.